The van der Waals surface area contributed by atoms with Gasteiger partial charge in [-0.25, -0.2) is 13.1 Å². The van der Waals surface area contributed by atoms with Crippen LogP contribution in [0.3, 0.4) is 0 Å². The Bertz CT molecular complexity index is 728. The first-order valence-electron chi connectivity index (χ1n) is 6.13. The Morgan fingerprint density at radius 2 is 1.81 bits per heavy atom. The van der Waals surface area contributed by atoms with Crippen LogP contribution in [-0.2, 0) is 10.0 Å². The van der Waals surface area contributed by atoms with Crippen LogP contribution in [0.15, 0.2) is 51.8 Å². The Kier molecular flexibility index (Phi) is 4.93. The van der Waals surface area contributed by atoms with Crippen LogP contribution < -0.4 is 10.5 Å². The van der Waals surface area contributed by atoms with E-state index in [1.165, 1.54) is 12.1 Å². The van der Waals surface area contributed by atoms with Gasteiger partial charge in [-0.15, -0.1) is 0 Å². The van der Waals surface area contributed by atoms with E-state index in [4.69, 9.17) is 17.3 Å². The van der Waals surface area contributed by atoms with Gasteiger partial charge in [-0.1, -0.05) is 45.7 Å². The van der Waals surface area contributed by atoms with Gasteiger partial charge in [0.1, 0.15) is 4.90 Å². The number of sulfonamides is 1. The summed E-state index contributed by atoms with van der Waals surface area (Å²) in [5.41, 5.74) is 6.70. The lowest BCUT2D eigenvalue weighted by Crippen LogP contribution is -2.27. The van der Waals surface area contributed by atoms with Crippen molar-refractivity contribution in [2.45, 2.75) is 17.9 Å². The molecule has 0 amide bonds. The van der Waals surface area contributed by atoms with Crippen LogP contribution in [0.4, 0.5) is 5.69 Å². The van der Waals surface area contributed by atoms with Crippen LogP contribution in [-0.4, -0.2) is 8.42 Å². The Morgan fingerprint density at radius 3 is 2.38 bits per heavy atom. The maximum Gasteiger partial charge on any atom is 0.244 e. The normalized spacial score (nSPS) is 13.1. The highest BCUT2D eigenvalue weighted by Crippen LogP contribution is 2.28. The fourth-order valence-electron chi connectivity index (χ4n) is 1.92. The van der Waals surface area contributed by atoms with Crippen molar-refractivity contribution in [2.75, 3.05) is 5.73 Å². The predicted molar refractivity (Wildman–Crippen MR) is 88.7 cm³/mol. The van der Waals surface area contributed by atoms with Gasteiger partial charge >= 0.3 is 0 Å². The van der Waals surface area contributed by atoms with E-state index in [0.29, 0.717) is 0 Å². The summed E-state index contributed by atoms with van der Waals surface area (Å²) in [5.74, 6) is 0. The molecule has 7 heteroatoms. The first kappa shape index (κ1) is 16.3. The molecule has 0 saturated carbocycles. The quantitative estimate of drug-likeness (QED) is 0.783. The third-order valence-corrected chi connectivity index (χ3v) is 5.58. The second-order valence-electron chi connectivity index (χ2n) is 4.55. The summed E-state index contributed by atoms with van der Waals surface area (Å²) in [6.07, 6.45) is 0. The zero-order valence-corrected chi connectivity index (χ0v) is 14.3. The second kappa shape index (κ2) is 6.36. The van der Waals surface area contributed by atoms with Crippen LogP contribution in [0.2, 0.25) is 5.02 Å². The highest BCUT2D eigenvalue weighted by atomic mass is 79.9. The predicted octanol–water partition coefficient (Wildman–Crippen LogP) is 3.72. The second-order valence-corrected chi connectivity index (χ2v) is 7.53. The molecule has 2 rings (SSSR count). The van der Waals surface area contributed by atoms with Crippen molar-refractivity contribution in [3.05, 3.63) is 57.5 Å². The van der Waals surface area contributed by atoms with Crippen molar-refractivity contribution in [1.29, 1.82) is 0 Å². The van der Waals surface area contributed by atoms with Crippen molar-refractivity contribution in [3.63, 3.8) is 0 Å². The Hall–Kier alpha value is -1.08. The minimum atomic E-state index is -3.80. The van der Waals surface area contributed by atoms with Gasteiger partial charge < -0.3 is 5.73 Å². The summed E-state index contributed by atoms with van der Waals surface area (Å²) < 4.78 is 28.4. The SMILES string of the molecule is CC(NS(=O)(=O)c1c(N)cccc1Cl)c1ccc(Br)cc1. The number of hydrogen-bond donors (Lipinski definition) is 2. The summed E-state index contributed by atoms with van der Waals surface area (Å²) in [6, 6.07) is 11.6. The molecule has 112 valence electrons. The summed E-state index contributed by atoms with van der Waals surface area (Å²) >= 11 is 9.30. The molecule has 0 aliphatic rings. The fourth-order valence-corrected chi connectivity index (χ4v) is 4.09. The van der Waals surface area contributed by atoms with Crippen LogP contribution >= 0.6 is 27.5 Å². The van der Waals surface area contributed by atoms with Crippen molar-refractivity contribution in [3.8, 4) is 0 Å². The third-order valence-electron chi connectivity index (χ3n) is 2.97. The van der Waals surface area contributed by atoms with E-state index in [2.05, 4.69) is 20.7 Å². The molecule has 0 aliphatic heterocycles. The van der Waals surface area contributed by atoms with Gasteiger partial charge in [-0.2, -0.15) is 0 Å². The van der Waals surface area contributed by atoms with E-state index in [9.17, 15) is 8.42 Å². The number of hydrogen-bond acceptors (Lipinski definition) is 3. The van der Waals surface area contributed by atoms with Gasteiger partial charge in [0.15, 0.2) is 0 Å². The van der Waals surface area contributed by atoms with E-state index in [-0.39, 0.29) is 15.6 Å². The summed E-state index contributed by atoms with van der Waals surface area (Å²) in [7, 11) is -3.80. The van der Waals surface area contributed by atoms with E-state index in [1.54, 1.807) is 13.0 Å². The maximum atomic E-state index is 12.4. The Morgan fingerprint density at radius 1 is 1.19 bits per heavy atom. The number of rotatable bonds is 4. The molecular weight excluding hydrogens is 376 g/mol. The number of halogens is 2. The van der Waals surface area contributed by atoms with Crippen molar-refractivity contribution >= 4 is 43.2 Å². The topological polar surface area (TPSA) is 72.2 Å². The van der Waals surface area contributed by atoms with Gasteiger partial charge in [0.25, 0.3) is 0 Å². The summed E-state index contributed by atoms with van der Waals surface area (Å²) in [4.78, 5) is -0.0874. The highest BCUT2D eigenvalue weighted by molar-refractivity contribution is 9.10. The number of nitrogen functional groups attached to an aromatic ring is 1. The monoisotopic (exact) mass is 388 g/mol. The molecule has 1 atom stereocenters. The number of nitrogens with one attached hydrogen (secondary N) is 1. The van der Waals surface area contributed by atoms with E-state index < -0.39 is 16.1 Å². The molecule has 0 heterocycles. The maximum absolute atomic E-state index is 12.4. The first-order chi connectivity index (χ1) is 9.81. The van der Waals surface area contributed by atoms with Crippen LogP contribution in [0.25, 0.3) is 0 Å². The molecule has 0 aliphatic carbocycles. The van der Waals surface area contributed by atoms with Gasteiger partial charge in [0.05, 0.1) is 10.7 Å². The molecule has 1 unspecified atom stereocenters. The average molecular weight is 390 g/mol. The molecule has 4 nitrogen and oxygen atoms in total. The highest BCUT2D eigenvalue weighted by Gasteiger charge is 2.23. The molecule has 2 aromatic carbocycles. The van der Waals surface area contributed by atoms with Gasteiger partial charge in [-0.3, -0.25) is 0 Å². The fraction of sp³-hybridized carbons (Fsp3) is 0.143. The zero-order chi connectivity index (χ0) is 15.6. The lowest BCUT2D eigenvalue weighted by atomic mass is 10.1. The van der Waals surface area contributed by atoms with Crippen molar-refractivity contribution < 1.29 is 8.42 Å². The molecule has 0 saturated heterocycles. The molecule has 2 aromatic rings. The third kappa shape index (κ3) is 3.77. The smallest absolute Gasteiger partial charge is 0.244 e. The lowest BCUT2D eigenvalue weighted by Gasteiger charge is -2.16. The van der Waals surface area contributed by atoms with E-state index in [0.717, 1.165) is 10.0 Å². The number of benzene rings is 2. The number of nitrogens with two attached hydrogens (primary N) is 1. The summed E-state index contributed by atoms with van der Waals surface area (Å²) in [6.45, 7) is 1.76. The Balaban J connectivity index is 2.31. The molecule has 0 bridgehead atoms. The first-order valence-corrected chi connectivity index (χ1v) is 8.78. The van der Waals surface area contributed by atoms with Crippen molar-refractivity contribution in [1.82, 2.24) is 4.72 Å². The average Bonchev–Trinajstić information content (AvgIpc) is 2.38. The lowest BCUT2D eigenvalue weighted by molar-refractivity contribution is 0.567. The van der Waals surface area contributed by atoms with Crippen molar-refractivity contribution in [2.24, 2.45) is 0 Å². The largest absolute Gasteiger partial charge is 0.398 e. The van der Waals surface area contributed by atoms with Crippen LogP contribution in [0, 0.1) is 0 Å². The van der Waals surface area contributed by atoms with E-state index in [1.807, 2.05) is 24.3 Å². The standard InChI is InChI=1S/C14H14BrClN2O2S/c1-9(10-5-7-11(15)8-6-10)18-21(19,20)14-12(16)3-2-4-13(14)17/h2-9,18H,17H2,1H3. The van der Waals surface area contributed by atoms with Crippen LogP contribution in [0.1, 0.15) is 18.5 Å². The molecular formula is C14H14BrClN2O2S. The van der Waals surface area contributed by atoms with Gasteiger partial charge in [0, 0.05) is 10.5 Å². The molecule has 0 aromatic heterocycles. The molecule has 0 fully saturated rings. The van der Waals surface area contributed by atoms with E-state index >= 15 is 0 Å². The minimum Gasteiger partial charge on any atom is -0.398 e. The van der Waals surface area contributed by atoms with Crippen LogP contribution in [0.5, 0.6) is 0 Å². The molecule has 3 N–H and O–H groups in total. The Labute approximate surface area is 137 Å². The van der Waals surface area contributed by atoms with Gasteiger partial charge in [0.2, 0.25) is 10.0 Å². The molecule has 0 radical (unpaired) electrons. The molecule has 21 heavy (non-hydrogen) atoms. The number of anilines is 1. The summed E-state index contributed by atoms with van der Waals surface area (Å²) in [5, 5.41) is 0.102. The van der Waals surface area contributed by atoms with Gasteiger partial charge in [-0.05, 0) is 36.8 Å². The zero-order valence-electron chi connectivity index (χ0n) is 11.2. The molecule has 0 spiro atoms. The minimum absolute atomic E-state index is 0.0874.